The lowest BCUT2D eigenvalue weighted by molar-refractivity contribution is -0.00734. The van der Waals surface area contributed by atoms with Gasteiger partial charge in [-0.15, -0.1) is 0 Å². The summed E-state index contributed by atoms with van der Waals surface area (Å²) in [6.45, 7) is 7.69. The highest BCUT2D eigenvalue weighted by Crippen LogP contribution is 2.19. The molecule has 1 unspecified atom stereocenters. The maximum Gasteiger partial charge on any atom is 0.0945 e. The summed E-state index contributed by atoms with van der Waals surface area (Å²) in [5, 5.41) is 13.7. The zero-order chi connectivity index (χ0) is 15.0. The largest absolute Gasteiger partial charge is 0.389 e. The summed E-state index contributed by atoms with van der Waals surface area (Å²) < 4.78 is 10.7. The van der Waals surface area contributed by atoms with Crippen LogP contribution in [0.4, 0.5) is 5.69 Å². The van der Waals surface area contributed by atoms with Crippen molar-refractivity contribution in [2.24, 2.45) is 0 Å². The highest BCUT2D eigenvalue weighted by atomic mass is 35.5. The number of ether oxygens (including phenoxy) is 2. The Bertz CT molecular complexity index is 399. The molecule has 1 aromatic rings. The minimum absolute atomic E-state index is 0.205. The van der Waals surface area contributed by atoms with Crippen LogP contribution in [0, 0.1) is 6.92 Å². The van der Waals surface area contributed by atoms with Gasteiger partial charge in [0.05, 0.1) is 32.0 Å². The van der Waals surface area contributed by atoms with Gasteiger partial charge in [0.15, 0.2) is 0 Å². The van der Waals surface area contributed by atoms with Crippen LogP contribution in [0.25, 0.3) is 0 Å². The van der Waals surface area contributed by atoms with E-state index >= 15 is 0 Å². The molecular formula is C15H24ClNO3. The number of rotatable bonds is 9. The number of nitrogens with one attached hydrogen (secondary N) is 1. The molecule has 1 atom stereocenters. The van der Waals surface area contributed by atoms with Crippen LogP contribution < -0.4 is 5.32 Å². The van der Waals surface area contributed by atoms with Crippen molar-refractivity contribution in [1.29, 1.82) is 0 Å². The molecule has 0 aliphatic rings. The van der Waals surface area contributed by atoms with E-state index in [1.165, 1.54) is 0 Å². The van der Waals surface area contributed by atoms with E-state index in [9.17, 15) is 5.11 Å². The van der Waals surface area contributed by atoms with Crippen LogP contribution in [0.5, 0.6) is 0 Å². The zero-order valence-corrected chi connectivity index (χ0v) is 13.1. The van der Waals surface area contributed by atoms with Gasteiger partial charge < -0.3 is 19.9 Å². The zero-order valence-electron chi connectivity index (χ0n) is 12.4. The Hall–Kier alpha value is -0.810. The quantitative estimate of drug-likeness (QED) is 0.689. The second-order valence-electron chi connectivity index (χ2n) is 4.99. The van der Waals surface area contributed by atoms with Crippen molar-refractivity contribution in [3.63, 3.8) is 0 Å². The molecule has 0 heterocycles. The molecule has 4 nitrogen and oxygen atoms in total. The van der Waals surface area contributed by atoms with Crippen molar-refractivity contribution < 1.29 is 14.6 Å². The maximum absolute atomic E-state index is 9.82. The normalized spacial score (nSPS) is 12.7. The SMILES string of the molecule is Cc1ccc(Cl)cc1NCC(O)COCCOC(C)C. The molecule has 114 valence electrons. The van der Waals surface area contributed by atoms with E-state index in [2.05, 4.69) is 5.32 Å². The van der Waals surface area contributed by atoms with Crippen molar-refractivity contribution in [3.8, 4) is 0 Å². The number of aryl methyl sites for hydroxylation is 1. The van der Waals surface area contributed by atoms with Gasteiger partial charge in [0.25, 0.3) is 0 Å². The van der Waals surface area contributed by atoms with E-state index in [-0.39, 0.29) is 12.7 Å². The molecule has 0 saturated carbocycles. The molecule has 0 aromatic heterocycles. The minimum atomic E-state index is -0.563. The smallest absolute Gasteiger partial charge is 0.0945 e. The summed E-state index contributed by atoms with van der Waals surface area (Å²) in [6, 6.07) is 5.63. The van der Waals surface area contributed by atoms with Crippen molar-refractivity contribution in [3.05, 3.63) is 28.8 Å². The van der Waals surface area contributed by atoms with Crippen LogP contribution in [0.2, 0.25) is 5.02 Å². The second-order valence-corrected chi connectivity index (χ2v) is 5.42. The van der Waals surface area contributed by atoms with Gasteiger partial charge >= 0.3 is 0 Å². The third-order valence-electron chi connectivity index (χ3n) is 2.72. The third kappa shape index (κ3) is 7.10. The third-order valence-corrected chi connectivity index (χ3v) is 2.95. The Morgan fingerprint density at radius 3 is 2.75 bits per heavy atom. The highest BCUT2D eigenvalue weighted by molar-refractivity contribution is 6.30. The van der Waals surface area contributed by atoms with Crippen molar-refractivity contribution in [2.45, 2.75) is 33.0 Å². The molecule has 0 fully saturated rings. The average molecular weight is 302 g/mol. The van der Waals surface area contributed by atoms with Gasteiger partial charge in [0, 0.05) is 17.3 Å². The molecule has 0 radical (unpaired) electrons. The molecule has 0 aliphatic heterocycles. The summed E-state index contributed by atoms with van der Waals surface area (Å²) in [6.07, 6.45) is -0.358. The first kappa shape index (κ1) is 17.2. The molecule has 1 rings (SSSR count). The van der Waals surface area contributed by atoms with Crippen LogP contribution in [0.15, 0.2) is 18.2 Å². The Morgan fingerprint density at radius 1 is 1.30 bits per heavy atom. The molecule has 2 N–H and O–H groups in total. The monoisotopic (exact) mass is 301 g/mol. The predicted octanol–water partition coefficient (Wildman–Crippen LogP) is 2.86. The lowest BCUT2D eigenvalue weighted by Crippen LogP contribution is -2.26. The molecule has 0 bridgehead atoms. The Kier molecular flexibility index (Phi) is 7.92. The van der Waals surface area contributed by atoms with Crippen molar-refractivity contribution in [2.75, 3.05) is 31.7 Å². The minimum Gasteiger partial charge on any atom is -0.389 e. The molecule has 0 spiro atoms. The number of halogens is 1. The van der Waals surface area contributed by atoms with Crippen LogP contribution >= 0.6 is 11.6 Å². The van der Waals surface area contributed by atoms with Gasteiger partial charge in [-0.1, -0.05) is 17.7 Å². The van der Waals surface area contributed by atoms with E-state index in [1.54, 1.807) is 0 Å². The Labute approximate surface area is 126 Å². The molecule has 0 aliphatic carbocycles. The van der Waals surface area contributed by atoms with Crippen LogP contribution in [0.3, 0.4) is 0 Å². The summed E-state index contributed by atoms with van der Waals surface area (Å²) in [5.41, 5.74) is 2.02. The molecular weight excluding hydrogens is 278 g/mol. The van der Waals surface area contributed by atoms with Crippen molar-refractivity contribution >= 4 is 17.3 Å². The van der Waals surface area contributed by atoms with Gasteiger partial charge in [0.1, 0.15) is 0 Å². The number of hydrogen-bond acceptors (Lipinski definition) is 4. The fraction of sp³-hybridized carbons (Fsp3) is 0.600. The van der Waals surface area contributed by atoms with E-state index < -0.39 is 6.10 Å². The lowest BCUT2D eigenvalue weighted by Gasteiger charge is -2.15. The van der Waals surface area contributed by atoms with Crippen LogP contribution in [-0.2, 0) is 9.47 Å². The van der Waals surface area contributed by atoms with E-state index in [0.29, 0.717) is 24.8 Å². The summed E-state index contributed by atoms with van der Waals surface area (Å²) in [4.78, 5) is 0. The molecule has 0 amide bonds. The standard InChI is InChI=1S/C15H24ClNO3/c1-11(2)20-7-6-19-10-14(18)9-17-15-8-13(16)5-4-12(15)3/h4-5,8,11,14,17-18H,6-7,9-10H2,1-3H3. The van der Waals surface area contributed by atoms with Crippen LogP contribution in [0.1, 0.15) is 19.4 Å². The fourth-order valence-electron chi connectivity index (χ4n) is 1.63. The first-order chi connectivity index (χ1) is 9.49. The van der Waals surface area contributed by atoms with Crippen molar-refractivity contribution in [1.82, 2.24) is 0 Å². The average Bonchev–Trinajstić information content (AvgIpc) is 2.39. The van der Waals surface area contributed by atoms with E-state index in [1.807, 2.05) is 39.0 Å². The fourth-order valence-corrected chi connectivity index (χ4v) is 1.81. The van der Waals surface area contributed by atoms with Gasteiger partial charge in [0.2, 0.25) is 0 Å². The maximum atomic E-state index is 9.82. The highest BCUT2D eigenvalue weighted by Gasteiger charge is 2.06. The van der Waals surface area contributed by atoms with E-state index in [0.717, 1.165) is 11.3 Å². The molecule has 0 saturated heterocycles. The second kappa shape index (κ2) is 9.19. The first-order valence-corrected chi connectivity index (χ1v) is 7.24. The summed E-state index contributed by atoms with van der Waals surface area (Å²) >= 11 is 5.93. The number of hydrogen-bond donors (Lipinski definition) is 2. The summed E-state index contributed by atoms with van der Waals surface area (Å²) in [5.74, 6) is 0. The predicted molar refractivity (Wildman–Crippen MR) is 82.6 cm³/mol. The molecule has 20 heavy (non-hydrogen) atoms. The Balaban J connectivity index is 2.19. The van der Waals surface area contributed by atoms with Gasteiger partial charge in [-0.3, -0.25) is 0 Å². The van der Waals surface area contributed by atoms with Gasteiger partial charge in [-0.05, 0) is 38.5 Å². The Morgan fingerprint density at radius 2 is 2.05 bits per heavy atom. The van der Waals surface area contributed by atoms with Gasteiger partial charge in [-0.2, -0.15) is 0 Å². The van der Waals surface area contributed by atoms with Crippen LogP contribution in [-0.4, -0.2) is 43.7 Å². The number of aliphatic hydroxyl groups is 1. The first-order valence-electron chi connectivity index (χ1n) is 6.86. The molecule has 1 aromatic carbocycles. The molecule has 5 heteroatoms. The number of benzene rings is 1. The number of anilines is 1. The topological polar surface area (TPSA) is 50.7 Å². The lowest BCUT2D eigenvalue weighted by atomic mass is 10.2. The van der Waals surface area contributed by atoms with Gasteiger partial charge in [-0.25, -0.2) is 0 Å². The van der Waals surface area contributed by atoms with E-state index in [4.69, 9.17) is 21.1 Å². The summed E-state index contributed by atoms with van der Waals surface area (Å²) in [7, 11) is 0. The number of aliphatic hydroxyl groups excluding tert-OH is 1.